The van der Waals surface area contributed by atoms with E-state index in [1.54, 1.807) is 24.3 Å². The third-order valence-electron chi connectivity index (χ3n) is 5.94. The minimum atomic E-state index is -3.51. The fraction of sp³-hybridized carbons (Fsp3) is 0.167. The van der Waals surface area contributed by atoms with Crippen LogP contribution in [-0.4, -0.2) is 30.6 Å². The fourth-order valence-corrected chi connectivity index (χ4v) is 8.01. The number of imide groups is 1. The van der Waals surface area contributed by atoms with Crippen molar-refractivity contribution in [3.63, 3.8) is 0 Å². The highest BCUT2D eigenvalue weighted by atomic mass is 35.5. The number of carbonyl (C=O) groups excluding carboxylic acids is 2. The number of anilines is 3. The Morgan fingerprint density at radius 3 is 1.72 bits per heavy atom. The van der Waals surface area contributed by atoms with Crippen LogP contribution in [0, 0.1) is 0 Å². The molecule has 3 aromatic rings. The van der Waals surface area contributed by atoms with Crippen molar-refractivity contribution in [1.82, 2.24) is 0 Å². The van der Waals surface area contributed by atoms with E-state index in [0.29, 0.717) is 23.8 Å². The molecule has 0 spiro atoms. The summed E-state index contributed by atoms with van der Waals surface area (Å²) in [5.41, 5.74) is 1.03. The number of hydrogen-bond donors (Lipinski definition) is 0. The van der Waals surface area contributed by atoms with Crippen LogP contribution < -0.4 is 14.2 Å². The van der Waals surface area contributed by atoms with Crippen molar-refractivity contribution in [3.05, 3.63) is 90.0 Å². The molecule has 2 heterocycles. The number of halogens is 1. The summed E-state index contributed by atoms with van der Waals surface area (Å²) in [5, 5.41) is 0.512. The number of amides is 2. The molecule has 2 aliphatic rings. The maximum atomic E-state index is 14.9. The van der Waals surface area contributed by atoms with Crippen LogP contribution >= 0.6 is 19.0 Å². The Labute approximate surface area is 191 Å². The van der Waals surface area contributed by atoms with Crippen molar-refractivity contribution in [3.8, 4) is 0 Å². The van der Waals surface area contributed by atoms with Gasteiger partial charge in [0, 0.05) is 35.9 Å². The van der Waals surface area contributed by atoms with E-state index in [1.807, 2.05) is 70.0 Å². The number of benzene rings is 3. The van der Waals surface area contributed by atoms with Crippen LogP contribution in [0.3, 0.4) is 0 Å². The molecule has 0 aromatic heterocycles. The van der Waals surface area contributed by atoms with E-state index in [-0.39, 0.29) is 12.3 Å². The van der Waals surface area contributed by atoms with Crippen molar-refractivity contribution >= 4 is 47.9 Å². The topological polar surface area (TPSA) is 60.9 Å². The second kappa shape index (κ2) is 8.12. The van der Waals surface area contributed by atoms with Gasteiger partial charge in [0.25, 0.3) is 7.44 Å². The predicted octanol–water partition coefficient (Wildman–Crippen LogP) is 5.19. The molecule has 32 heavy (non-hydrogen) atoms. The minimum absolute atomic E-state index is 0.106. The van der Waals surface area contributed by atoms with Gasteiger partial charge in [-0.15, -0.1) is 0 Å². The summed E-state index contributed by atoms with van der Waals surface area (Å²) in [6.07, 6.45) is -0.106. The van der Waals surface area contributed by atoms with Crippen molar-refractivity contribution in [2.45, 2.75) is 12.1 Å². The van der Waals surface area contributed by atoms with Gasteiger partial charge >= 0.3 is 0 Å². The predicted molar refractivity (Wildman–Crippen MR) is 128 cm³/mol. The standard InChI is InChI=1S/C24H21ClN3O3P/c25-18-11-13-21(14-12-18)28-23(29)17-22(24(28)30)32(31)26(19-7-3-1-4-8-19)15-16-27(32)20-9-5-2-6-10-20/h1-14,22H,15-17H2. The quantitative estimate of drug-likeness (QED) is 0.392. The van der Waals surface area contributed by atoms with Gasteiger partial charge in [0.2, 0.25) is 11.8 Å². The van der Waals surface area contributed by atoms with Crippen LogP contribution in [0.5, 0.6) is 0 Å². The van der Waals surface area contributed by atoms with E-state index in [0.717, 1.165) is 16.3 Å². The molecule has 2 aliphatic heterocycles. The highest BCUT2D eigenvalue weighted by molar-refractivity contribution is 7.69. The molecule has 1 unspecified atom stereocenters. The van der Waals surface area contributed by atoms with E-state index in [2.05, 4.69) is 0 Å². The first-order chi connectivity index (χ1) is 15.5. The average Bonchev–Trinajstić information content (AvgIpc) is 3.32. The zero-order valence-corrected chi connectivity index (χ0v) is 18.8. The molecule has 0 aliphatic carbocycles. The van der Waals surface area contributed by atoms with E-state index in [4.69, 9.17) is 11.6 Å². The van der Waals surface area contributed by atoms with Crippen LogP contribution in [-0.2, 0) is 14.2 Å². The Morgan fingerprint density at radius 1 is 0.719 bits per heavy atom. The van der Waals surface area contributed by atoms with E-state index < -0.39 is 19.0 Å². The van der Waals surface area contributed by atoms with Crippen molar-refractivity contribution < 1.29 is 14.2 Å². The number of carbonyl (C=O) groups is 2. The van der Waals surface area contributed by atoms with Crippen LogP contribution in [0.4, 0.5) is 17.1 Å². The molecule has 5 rings (SSSR count). The number of nitrogens with zero attached hydrogens (tertiary/aromatic N) is 3. The maximum Gasteiger partial charge on any atom is 0.275 e. The second-order valence-electron chi connectivity index (χ2n) is 7.77. The largest absolute Gasteiger partial charge is 0.304 e. The van der Waals surface area contributed by atoms with Gasteiger partial charge in [0.05, 0.1) is 5.69 Å². The first-order valence-electron chi connectivity index (χ1n) is 10.4. The SMILES string of the molecule is O=C1CC(P2(=O)N(c3ccccc3)CCN2c2ccccc2)C(=O)N1c1ccc(Cl)cc1. The molecule has 3 aromatic carbocycles. The summed E-state index contributed by atoms with van der Waals surface area (Å²) in [5.74, 6) is -0.796. The third-order valence-corrected chi connectivity index (χ3v) is 9.65. The molecule has 0 bridgehead atoms. The lowest BCUT2D eigenvalue weighted by Gasteiger charge is -2.35. The van der Waals surface area contributed by atoms with Gasteiger partial charge in [-0.05, 0) is 48.5 Å². The summed E-state index contributed by atoms with van der Waals surface area (Å²) in [7, 11) is -3.51. The summed E-state index contributed by atoms with van der Waals surface area (Å²) in [6, 6.07) is 25.4. The lowest BCUT2D eigenvalue weighted by atomic mass is 10.3. The normalized spacial score (nSPS) is 20.3. The molecule has 0 radical (unpaired) electrons. The molecule has 1 atom stereocenters. The van der Waals surface area contributed by atoms with Gasteiger partial charge < -0.3 is 9.34 Å². The van der Waals surface area contributed by atoms with Gasteiger partial charge in [-0.1, -0.05) is 48.0 Å². The van der Waals surface area contributed by atoms with E-state index in [9.17, 15) is 14.2 Å². The van der Waals surface area contributed by atoms with Crippen LogP contribution in [0.15, 0.2) is 84.9 Å². The number of rotatable bonds is 4. The molecule has 2 saturated heterocycles. The number of para-hydroxylation sites is 2. The Balaban J connectivity index is 1.59. The Bertz CT molecular complexity index is 1150. The van der Waals surface area contributed by atoms with Gasteiger partial charge in [0.15, 0.2) is 0 Å². The summed E-state index contributed by atoms with van der Waals surface area (Å²) >= 11 is 5.97. The zero-order valence-electron chi connectivity index (χ0n) is 17.2. The minimum Gasteiger partial charge on any atom is -0.304 e. The summed E-state index contributed by atoms with van der Waals surface area (Å²) < 4.78 is 18.5. The van der Waals surface area contributed by atoms with Gasteiger partial charge in [-0.25, -0.2) is 4.90 Å². The van der Waals surface area contributed by atoms with Crippen molar-refractivity contribution in [2.24, 2.45) is 0 Å². The Morgan fingerprint density at radius 2 is 1.22 bits per heavy atom. The lowest BCUT2D eigenvalue weighted by Crippen LogP contribution is -2.36. The molecule has 162 valence electrons. The zero-order chi connectivity index (χ0) is 22.3. The Hall–Kier alpha value is -3.08. The maximum absolute atomic E-state index is 14.9. The van der Waals surface area contributed by atoms with Crippen LogP contribution in [0.1, 0.15) is 6.42 Å². The molecule has 8 heteroatoms. The van der Waals surface area contributed by atoms with E-state index in [1.165, 1.54) is 0 Å². The highest BCUT2D eigenvalue weighted by Gasteiger charge is 2.57. The van der Waals surface area contributed by atoms with Crippen molar-refractivity contribution in [2.75, 3.05) is 27.3 Å². The van der Waals surface area contributed by atoms with E-state index >= 15 is 0 Å². The molecular weight excluding hydrogens is 445 g/mol. The average molecular weight is 466 g/mol. The van der Waals surface area contributed by atoms with Gasteiger partial charge in [-0.2, -0.15) is 0 Å². The van der Waals surface area contributed by atoms with Gasteiger partial charge in [-0.3, -0.25) is 14.2 Å². The fourth-order valence-electron chi connectivity index (χ4n) is 4.47. The molecule has 2 amide bonds. The molecule has 0 N–H and O–H groups in total. The summed E-state index contributed by atoms with van der Waals surface area (Å²) in [6.45, 7) is 0.990. The third kappa shape index (κ3) is 3.31. The first kappa shape index (κ1) is 20.8. The van der Waals surface area contributed by atoms with Crippen LogP contribution in [0.2, 0.25) is 5.02 Å². The first-order valence-corrected chi connectivity index (χ1v) is 12.4. The van der Waals surface area contributed by atoms with Gasteiger partial charge in [0.1, 0.15) is 5.66 Å². The second-order valence-corrected chi connectivity index (χ2v) is 11.0. The van der Waals surface area contributed by atoms with Crippen molar-refractivity contribution in [1.29, 1.82) is 0 Å². The Kier molecular flexibility index (Phi) is 5.28. The van der Waals surface area contributed by atoms with Crippen LogP contribution in [0.25, 0.3) is 0 Å². The molecular formula is C24H21ClN3O3P. The monoisotopic (exact) mass is 465 g/mol. The smallest absolute Gasteiger partial charge is 0.275 e. The molecule has 0 saturated carbocycles. The summed E-state index contributed by atoms with van der Waals surface area (Å²) in [4.78, 5) is 27.7. The molecule has 6 nitrogen and oxygen atoms in total. The highest BCUT2D eigenvalue weighted by Crippen LogP contribution is 2.65. The lowest BCUT2D eigenvalue weighted by molar-refractivity contribution is -0.121. The number of hydrogen-bond acceptors (Lipinski definition) is 3. The molecule has 2 fully saturated rings.